The van der Waals surface area contributed by atoms with Crippen LogP contribution in [0.15, 0.2) is 22.6 Å². The minimum Gasteiger partial charge on any atom is -0.423 e. The summed E-state index contributed by atoms with van der Waals surface area (Å²) < 4.78 is 5.42. The lowest BCUT2D eigenvalue weighted by molar-refractivity contribution is -0.383. The Bertz CT molecular complexity index is 618. The Labute approximate surface area is 108 Å². The fraction of sp³-hybridized carbons (Fsp3) is 0.417. The summed E-state index contributed by atoms with van der Waals surface area (Å²) in [6.07, 6.45) is 1.34. The topological polar surface area (TPSA) is 101 Å². The van der Waals surface area contributed by atoms with E-state index in [4.69, 9.17) is 4.42 Å². The first-order valence-corrected chi connectivity index (χ1v) is 6.09. The monoisotopic (exact) mass is 263 g/mol. The highest BCUT2D eigenvalue weighted by atomic mass is 16.6. The van der Waals surface area contributed by atoms with Gasteiger partial charge in [-0.1, -0.05) is 6.07 Å². The van der Waals surface area contributed by atoms with Crippen molar-refractivity contribution in [2.24, 2.45) is 5.92 Å². The number of nitrogens with one attached hydrogen (secondary N) is 1. The Balaban J connectivity index is 1.77. The number of hydrogen-bond acceptors (Lipinski definition) is 6. The van der Waals surface area contributed by atoms with Crippen LogP contribution in [0.4, 0.5) is 11.7 Å². The zero-order valence-electron chi connectivity index (χ0n) is 10.1. The van der Waals surface area contributed by atoms with Crippen molar-refractivity contribution in [1.82, 2.24) is 4.98 Å². The third kappa shape index (κ3) is 2.24. The van der Waals surface area contributed by atoms with E-state index < -0.39 is 4.92 Å². The molecule has 1 heterocycles. The lowest BCUT2D eigenvalue weighted by Gasteiger charge is -2.30. The SMILES string of the molecule is O=[N+]([O-])c1cccc2oc(NCC3CC(O)C3)nc12. The number of rotatable bonds is 4. The summed E-state index contributed by atoms with van der Waals surface area (Å²) in [6, 6.07) is 4.90. The maximum atomic E-state index is 10.9. The molecule has 1 aromatic carbocycles. The molecule has 3 rings (SSSR count). The molecule has 0 amide bonds. The van der Waals surface area contributed by atoms with Crippen LogP contribution in [0.5, 0.6) is 0 Å². The Kier molecular flexibility index (Phi) is 2.83. The van der Waals surface area contributed by atoms with Gasteiger partial charge >= 0.3 is 0 Å². The van der Waals surface area contributed by atoms with Crippen molar-refractivity contribution in [2.75, 3.05) is 11.9 Å². The second-order valence-corrected chi connectivity index (χ2v) is 4.77. The van der Waals surface area contributed by atoms with E-state index in [1.165, 1.54) is 6.07 Å². The van der Waals surface area contributed by atoms with Crippen molar-refractivity contribution in [3.05, 3.63) is 28.3 Å². The van der Waals surface area contributed by atoms with Crippen LogP contribution in [-0.2, 0) is 0 Å². The fourth-order valence-electron chi connectivity index (χ4n) is 2.26. The van der Waals surface area contributed by atoms with Crippen molar-refractivity contribution in [2.45, 2.75) is 18.9 Å². The lowest BCUT2D eigenvalue weighted by atomic mass is 9.82. The first-order valence-electron chi connectivity index (χ1n) is 6.09. The number of aliphatic hydroxyl groups excluding tert-OH is 1. The van der Waals surface area contributed by atoms with Gasteiger partial charge in [-0.3, -0.25) is 10.1 Å². The van der Waals surface area contributed by atoms with Crippen LogP contribution in [0.2, 0.25) is 0 Å². The number of nitrogens with zero attached hydrogens (tertiary/aromatic N) is 2. The molecule has 7 nitrogen and oxygen atoms in total. The molecule has 100 valence electrons. The standard InChI is InChI=1S/C12H13N3O4/c16-8-4-7(5-8)6-13-12-14-11-9(15(17)18)2-1-3-10(11)19-12/h1-3,7-8,16H,4-6H2,(H,13,14). The van der Waals surface area contributed by atoms with Gasteiger partial charge in [0, 0.05) is 12.6 Å². The fourth-order valence-corrected chi connectivity index (χ4v) is 2.26. The predicted molar refractivity (Wildman–Crippen MR) is 67.9 cm³/mol. The molecular formula is C12H13N3O4. The lowest BCUT2D eigenvalue weighted by Crippen LogP contribution is -2.33. The number of anilines is 1. The maximum Gasteiger partial charge on any atom is 0.298 e. The summed E-state index contributed by atoms with van der Waals surface area (Å²) >= 11 is 0. The molecule has 1 aromatic heterocycles. The van der Waals surface area contributed by atoms with Crippen molar-refractivity contribution >= 4 is 22.8 Å². The van der Waals surface area contributed by atoms with Crippen LogP contribution in [0.25, 0.3) is 11.1 Å². The number of nitro groups is 1. The van der Waals surface area contributed by atoms with E-state index in [9.17, 15) is 15.2 Å². The van der Waals surface area contributed by atoms with Gasteiger partial charge in [0.15, 0.2) is 11.1 Å². The molecule has 1 aliphatic carbocycles. The van der Waals surface area contributed by atoms with Crippen molar-refractivity contribution in [3.8, 4) is 0 Å². The van der Waals surface area contributed by atoms with Gasteiger partial charge in [0.05, 0.1) is 11.0 Å². The quantitative estimate of drug-likeness (QED) is 0.645. The van der Waals surface area contributed by atoms with Gasteiger partial charge in [-0.05, 0) is 24.8 Å². The summed E-state index contributed by atoms with van der Waals surface area (Å²) in [6.45, 7) is 0.650. The number of oxazole rings is 1. The first-order chi connectivity index (χ1) is 9.13. The van der Waals surface area contributed by atoms with E-state index in [0.29, 0.717) is 18.0 Å². The van der Waals surface area contributed by atoms with Crippen molar-refractivity contribution < 1.29 is 14.4 Å². The highest BCUT2D eigenvalue weighted by molar-refractivity contribution is 5.83. The number of para-hydroxylation sites is 1. The largest absolute Gasteiger partial charge is 0.423 e. The highest BCUT2D eigenvalue weighted by Crippen LogP contribution is 2.29. The first kappa shape index (κ1) is 11.9. The minimum absolute atomic E-state index is 0.0617. The van der Waals surface area contributed by atoms with E-state index in [1.54, 1.807) is 12.1 Å². The summed E-state index contributed by atoms with van der Waals surface area (Å²) in [5.41, 5.74) is 0.586. The molecular weight excluding hydrogens is 250 g/mol. The molecule has 0 spiro atoms. The molecule has 0 atom stereocenters. The molecule has 0 unspecified atom stereocenters. The summed E-state index contributed by atoms with van der Waals surface area (Å²) in [5, 5.41) is 23.1. The maximum absolute atomic E-state index is 10.9. The minimum atomic E-state index is -0.475. The number of benzene rings is 1. The highest BCUT2D eigenvalue weighted by Gasteiger charge is 2.27. The number of aliphatic hydroxyl groups is 1. The summed E-state index contributed by atoms with van der Waals surface area (Å²) in [5.74, 6) is 0.403. The molecule has 0 radical (unpaired) electrons. The van der Waals surface area contributed by atoms with Crippen LogP contribution in [0.3, 0.4) is 0 Å². The molecule has 7 heteroatoms. The molecule has 0 saturated heterocycles. The Morgan fingerprint density at radius 1 is 1.53 bits per heavy atom. The Morgan fingerprint density at radius 3 is 3.00 bits per heavy atom. The van der Waals surface area contributed by atoms with E-state index >= 15 is 0 Å². The zero-order chi connectivity index (χ0) is 13.4. The third-order valence-electron chi connectivity index (χ3n) is 3.35. The van der Waals surface area contributed by atoms with Gasteiger partial charge < -0.3 is 14.8 Å². The number of hydrogen-bond donors (Lipinski definition) is 2. The van der Waals surface area contributed by atoms with Crippen LogP contribution in [0.1, 0.15) is 12.8 Å². The van der Waals surface area contributed by atoms with Gasteiger partial charge in [-0.25, -0.2) is 0 Å². The molecule has 1 fully saturated rings. The second-order valence-electron chi connectivity index (χ2n) is 4.77. The number of nitro benzene ring substituents is 1. The Morgan fingerprint density at radius 2 is 2.32 bits per heavy atom. The molecule has 1 saturated carbocycles. The van der Waals surface area contributed by atoms with Crippen LogP contribution in [-0.4, -0.2) is 27.7 Å². The van der Waals surface area contributed by atoms with E-state index in [2.05, 4.69) is 10.3 Å². The number of non-ortho nitro benzene ring substituents is 1. The molecule has 0 aliphatic heterocycles. The number of aromatic nitrogens is 1. The van der Waals surface area contributed by atoms with Gasteiger partial charge in [-0.2, -0.15) is 4.98 Å². The smallest absolute Gasteiger partial charge is 0.298 e. The zero-order valence-corrected chi connectivity index (χ0v) is 10.1. The number of fused-ring (bicyclic) bond motifs is 1. The average Bonchev–Trinajstić information content (AvgIpc) is 2.75. The van der Waals surface area contributed by atoms with E-state index in [1.807, 2.05) is 0 Å². The summed E-state index contributed by atoms with van der Waals surface area (Å²) in [7, 11) is 0. The average molecular weight is 263 g/mol. The molecule has 2 aromatic rings. The normalized spacial score (nSPS) is 22.2. The summed E-state index contributed by atoms with van der Waals surface area (Å²) in [4.78, 5) is 14.5. The second kappa shape index (κ2) is 4.51. The van der Waals surface area contributed by atoms with Crippen LogP contribution >= 0.6 is 0 Å². The van der Waals surface area contributed by atoms with Crippen LogP contribution in [0, 0.1) is 16.0 Å². The van der Waals surface area contributed by atoms with Gasteiger partial charge in [0.1, 0.15) is 0 Å². The van der Waals surface area contributed by atoms with Gasteiger partial charge in [0.25, 0.3) is 11.7 Å². The molecule has 1 aliphatic rings. The predicted octanol–water partition coefficient (Wildman–Crippen LogP) is 1.92. The van der Waals surface area contributed by atoms with Gasteiger partial charge in [0.2, 0.25) is 0 Å². The molecule has 2 N–H and O–H groups in total. The third-order valence-corrected chi connectivity index (χ3v) is 3.35. The Hall–Kier alpha value is -2.15. The van der Waals surface area contributed by atoms with E-state index in [0.717, 1.165) is 12.8 Å². The van der Waals surface area contributed by atoms with Crippen molar-refractivity contribution in [3.63, 3.8) is 0 Å². The van der Waals surface area contributed by atoms with E-state index in [-0.39, 0.29) is 23.3 Å². The molecule has 19 heavy (non-hydrogen) atoms. The van der Waals surface area contributed by atoms with Crippen LogP contribution < -0.4 is 5.32 Å². The van der Waals surface area contributed by atoms with Crippen molar-refractivity contribution in [1.29, 1.82) is 0 Å². The molecule has 0 bridgehead atoms. The van der Waals surface area contributed by atoms with Gasteiger partial charge in [-0.15, -0.1) is 0 Å².